The van der Waals surface area contributed by atoms with Crippen molar-refractivity contribution in [1.82, 2.24) is 5.32 Å². The van der Waals surface area contributed by atoms with E-state index in [-0.39, 0.29) is 41.0 Å². The van der Waals surface area contributed by atoms with Crippen LogP contribution in [0.15, 0.2) is 12.1 Å². The van der Waals surface area contributed by atoms with Gasteiger partial charge in [0.2, 0.25) is 12.5 Å². The highest BCUT2D eigenvalue weighted by Crippen LogP contribution is 2.51. The molecule has 0 saturated heterocycles. The third-order valence-corrected chi connectivity index (χ3v) is 6.19. The fourth-order valence-electron chi connectivity index (χ4n) is 4.90. The molecule has 7 nitrogen and oxygen atoms in total. The van der Waals surface area contributed by atoms with E-state index >= 15 is 0 Å². The first-order valence-corrected chi connectivity index (χ1v) is 9.57. The van der Waals surface area contributed by atoms with Gasteiger partial charge >= 0.3 is 0 Å². The SMILES string of the molecule is COc1cc2c(cc1OC)[C@H]1C[C@H](C)[C@@H](C[N+](=O)[O-])[C@@H]1CC(=O)NCCC2. The lowest BCUT2D eigenvalue weighted by molar-refractivity contribution is -0.490. The molecule has 2 aliphatic rings. The summed E-state index contributed by atoms with van der Waals surface area (Å²) in [6.45, 7) is 2.59. The minimum absolute atomic E-state index is 0.00336. The maximum absolute atomic E-state index is 12.4. The number of benzene rings is 1. The first-order valence-electron chi connectivity index (χ1n) is 9.57. The molecule has 1 heterocycles. The summed E-state index contributed by atoms with van der Waals surface area (Å²) in [5, 5.41) is 14.2. The number of methoxy groups -OCH3 is 2. The third kappa shape index (κ3) is 4.01. The highest BCUT2D eigenvalue weighted by atomic mass is 16.6. The van der Waals surface area contributed by atoms with Gasteiger partial charge in [-0.2, -0.15) is 0 Å². The van der Waals surface area contributed by atoms with Gasteiger partial charge in [0.15, 0.2) is 11.5 Å². The second-order valence-corrected chi connectivity index (χ2v) is 7.73. The number of hydrogen-bond donors (Lipinski definition) is 1. The number of carbonyl (C=O) groups is 1. The number of nitro groups is 1. The van der Waals surface area contributed by atoms with Crippen molar-refractivity contribution >= 4 is 5.91 Å². The van der Waals surface area contributed by atoms with Gasteiger partial charge in [-0.25, -0.2) is 0 Å². The molecular weight excluding hydrogens is 348 g/mol. The Kier molecular flexibility index (Phi) is 5.87. The standard InChI is InChI=1S/C20H28N2O5/c1-12-7-15-14-9-19(27-3)18(26-2)8-13(14)5-4-6-21-20(23)10-16(15)17(12)11-22(24)25/h8-9,12,15-17H,4-7,10-11H2,1-3H3,(H,21,23)/t12-,15+,16+,17+/m0/s1. The molecule has 4 atom stereocenters. The fraction of sp³-hybridized carbons (Fsp3) is 0.650. The predicted octanol–water partition coefficient (Wildman–Crippen LogP) is 2.79. The van der Waals surface area contributed by atoms with Gasteiger partial charge in [0.25, 0.3) is 0 Å². The van der Waals surface area contributed by atoms with Crippen LogP contribution in [0, 0.1) is 27.9 Å². The summed E-state index contributed by atoms with van der Waals surface area (Å²) in [5.74, 6) is 1.53. The van der Waals surface area contributed by atoms with Crippen molar-refractivity contribution in [2.45, 2.75) is 38.5 Å². The van der Waals surface area contributed by atoms with Crippen LogP contribution in [0.25, 0.3) is 0 Å². The van der Waals surface area contributed by atoms with Gasteiger partial charge < -0.3 is 14.8 Å². The monoisotopic (exact) mass is 376 g/mol. The van der Waals surface area contributed by atoms with E-state index in [9.17, 15) is 14.9 Å². The number of nitrogens with zero attached hydrogens (tertiary/aromatic N) is 1. The molecular formula is C20H28N2O5. The lowest BCUT2D eigenvalue weighted by Crippen LogP contribution is -2.33. The smallest absolute Gasteiger partial charge is 0.220 e. The van der Waals surface area contributed by atoms with E-state index in [4.69, 9.17) is 9.47 Å². The van der Waals surface area contributed by atoms with Crippen LogP contribution < -0.4 is 14.8 Å². The van der Waals surface area contributed by atoms with Crippen molar-refractivity contribution in [2.24, 2.45) is 17.8 Å². The average molecular weight is 376 g/mol. The summed E-state index contributed by atoms with van der Waals surface area (Å²) in [7, 11) is 3.24. The van der Waals surface area contributed by atoms with Gasteiger partial charge in [-0.05, 0) is 60.3 Å². The maximum Gasteiger partial charge on any atom is 0.220 e. The molecule has 1 aliphatic carbocycles. The number of rotatable bonds is 4. The van der Waals surface area contributed by atoms with Crippen LogP contribution in [0.5, 0.6) is 11.5 Å². The Morgan fingerprint density at radius 1 is 1.26 bits per heavy atom. The van der Waals surface area contributed by atoms with Crippen LogP contribution in [0.1, 0.15) is 43.2 Å². The highest BCUT2D eigenvalue weighted by Gasteiger charge is 2.45. The number of aryl methyl sites for hydroxylation is 1. The molecule has 1 N–H and O–H groups in total. The summed E-state index contributed by atoms with van der Waals surface area (Å²) >= 11 is 0. The number of fused-ring (bicyclic) bond motifs is 3. The van der Waals surface area contributed by atoms with Crippen LogP contribution in [-0.4, -0.2) is 38.1 Å². The second kappa shape index (κ2) is 8.15. The van der Waals surface area contributed by atoms with Crippen molar-refractivity contribution in [3.8, 4) is 11.5 Å². The molecule has 1 aliphatic heterocycles. The number of carbonyl (C=O) groups excluding carboxylic acids is 1. The van der Waals surface area contributed by atoms with Gasteiger partial charge in [-0.15, -0.1) is 0 Å². The Hall–Kier alpha value is -2.31. The summed E-state index contributed by atoms with van der Waals surface area (Å²) in [4.78, 5) is 23.4. The van der Waals surface area contributed by atoms with Crippen LogP contribution in [0.3, 0.4) is 0 Å². The van der Waals surface area contributed by atoms with Crippen LogP contribution in [-0.2, 0) is 11.2 Å². The fourth-order valence-corrected chi connectivity index (χ4v) is 4.90. The van der Waals surface area contributed by atoms with Crippen LogP contribution in [0.2, 0.25) is 0 Å². The van der Waals surface area contributed by atoms with Crippen molar-refractivity contribution in [1.29, 1.82) is 0 Å². The zero-order chi connectivity index (χ0) is 19.6. The lowest BCUT2D eigenvalue weighted by atomic mass is 9.79. The molecule has 1 aromatic carbocycles. The Balaban J connectivity index is 2.07. The topological polar surface area (TPSA) is 90.7 Å². The van der Waals surface area contributed by atoms with Gasteiger partial charge in [0, 0.05) is 23.8 Å². The quantitative estimate of drug-likeness (QED) is 0.644. The number of amides is 1. The van der Waals surface area contributed by atoms with Gasteiger partial charge in [-0.3, -0.25) is 14.9 Å². The zero-order valence-corrected chi connectivity index (χ0v) is 16.2. The number of ether oxygens (including phenoxy) is 2. The molecule has 0 spiro atoms. The normalized spacial score (nSPS) is 27.9. The first-order chi connectivity index (χ1) is 12.9. The van der Waals surface area contributed by atoms with E-state index in [0.29, 0.717) is 24.5 Å². The molecule has 1 fully saturated rings. The van der Waals surface area contributed by atoms with Crippen molar-refractivity contribution < 1.29 is 19.2 Å². The number of nitrogens with one attached hydrogen (secondary N) is 1. The molecule has 1 amide bonds. The van der Waals surface area contributed by atoms with Crippen molar-refractivity contribution in [2.75, 3.05) is 27.3 Å². The Morgan fingerprint density at radius 3 is 2.63 bits per heavy atom. The average Bonchev–Trinajstić information content (AvgIpc) is 2.93. The van der Waals surface area contributed by atoms with Crippen molar-refractivity contribution in [3.05, 3.63) is 33.4 Å². The van der Waals surface area contributed by atoms with Gasteiger partial charge in [0.1, 0.15) is 0 Å². The first kappa shape index (κ1) is 19.5. The van der Waals surface area contributed by atoms with Crippen LogP contribution >= 0.6 is 0 Å². The maximum atomic E-state index is 12.4. The minimum atomic E-state index is -0.240. The van der Waals surface area contributed by atoms with E-state index < -0.39 is 0 Å². The molecule has 0 unspecified atom stereocenters. The van der Waals surface area contributed by atoms with Gasteiger partial charge in [0.05, 0.1) is 14.2 Å². The molecule has 1 saturated carbocycles. The predicted molar refractivity (Wildman–Crippen MR) is 101 cm³/mol. The van der Waals surface area contributed by atoms with E-state index in [1.54, 1.807) is 14.2 Å². The molecule has 148 valence electrons. The summed E-state index contributed by atoms with van der Waals surface area (Å²) in [6.07, 6.45) is 2.85. The van der Waals surface area contributed by atoms with E-state index in [0.717, 1.165) is 24.8 Å². The third-order valence-electron chi connectivity index (χ3n) is 6.19. The molecule has 0 aromatic heterocycles. The summed E-state index contributed by atoms with van der Waals surface area (Å²) < 4.78 is 11.0. The molecule has 1 aromatic rings. The summed E-state index contributed by atoms with van der Waals surface area (Å²) in [5.41, 5.74) is 2.35. The van der Waals surface area contributed by atoms with E-state index in [1.165, 1.54) is 5.56 Å². The lowest BCUT2D eigenvalue weighted by Gasteiger charge is -2.27. The Labute approximate surface area is 159 Å². The zero-order valence-electron chi connectivity index (χ0n) is 16.2. The van der Waals surface area contributed by atoms with Gasteiger partial charge in [-0.1, -0.05) is 6.92 Å². The minimum Gasteiger partial charge on any atom is -0.493 e. The largest absolute Gasteiger partial charge is 0.493 e. The summed E-state index contributed by atoms with van der Waals surface area (Å²) in [6, 6.07) is 4.05. The van der Waals surface area contributed by atoms with E-state index in [1.807, 2.05) is 12.1 Å². The molecule has 7 heteroatoms. The van der Waals surface area contributed by atoms with Crippen molar-refractivity contribution in [3.63, 3.8) is 0 Å². The number of hydrogen-bond acceptors (Lipinski definition) is 5. The Morgan fingerprint density at radius 2 is 1.96 bits per heavy atom. The highest BCUT2D eigenvalue weighted by molar-refractivity contribution is 5.76. The van der Waals surface area contributed by atoms with E-state index in [2.05, 4.69) is 12.2 Å². The molecule has 3 rings (SSSR count). The van der Waals surface area contributed by atoms with Crippen LogP contribution in [0.4, 0.5) is 0 Å². The second-order valence-electron chi connectivity index (χ2n) is 7.73. The molecule has 27 heavy (non-hydrogen) atoms. The molecule has 0 bridgehead atoms. The molecule has 0 radical (unpaired) electrons. The Bertz CT molecular complexity index is 721.